The number of amides is 2. The molecule has 3 N–H and O–H groups in total. The summed E-state index contributed by atoms with van der Waals surface area (Å²) in [6.45, 7) is 0.216. The molecule has 2 rings (SSSR count). The van der Waals surface area contributed by atoms with Gasteiger partial charge in [0.15, 0.2) is 5.69 Å². The van der Waals surface area contributed by atoms with E-state index in [0.717, 1.165) is 19.3 Å². The lowest BCUT2D eigenvalue weighted by atomic mass is 10.2. The molecule has 1 aromatic heterocycles. The summed E-state index contributed by atoms with van der Waals surface area (Å²) in [5, 5.41) is 16.3. The molecule has 2 unspecified atom stereocenters. The number of carboxylic acid groups (broad SMARTS) is 1. The third-order valence-electron chi connectivity index (χ3n) is 3.24. The van der Waals surface area contributed by atoms with Crippen LogP contribution in [0, 0.1) is 0 Å². The lowest BCUT2D eigenvalue weighted by molar-refractivity contribution is 0.0691. The van der Waals surface area contributed by atoms with Crippen LogP contribution in [-0.2, 0) is 11.3 Å². The number of hydrogen-bond donors (Lipinski definition) is 3. The monoisotopic (exact) mass is 299 g/mol. The zero-order chi connectivity index (χ0) is 14.5. The molecule has 1 fully saturated rings. The first-order valence-corrected chi connectivity index (χ1v) is 7.23. The molecule has 110 valence electrons. The maximum absolute atomic E-state index is 11.8. The smallest absolute Gasteiger partial charge is 0.355 e. The van der Waals surface area contributed by atoms with E-state index in [-0.39, 0.29) is 30.4 Å². The molecule has 0 spiro atoms. The first-order chi connectivity index (χ1) is 9.60. The Morgan fingerprint density at radius 2 is 2.35 bits per heavy atom. The van der Waals surface area contributed by atoms with Crippen molar-refractivity contribution in [2.75, 3.05) is 7.11 Å². The minimum absolute atomic E-state index is 0.00227. The number of aromatic nitrogens is 1. The quantitative estimate of drug-likeness (QED) is 0.758. The first-order valence-electron chi connectivity index (χ1n) is 6.35. The number of carboxylic acids is 1. The Bertz CT molecular complexity index is 491. The number of methoxy groups -OCH3 is 1. The van der Waals surface area contributed by atoms with E-state index < -0.39 is 5.97 Å². The van der Waals surface area contributed by atoms with Crippen LogP contribution in [0.25, 0.3) is 0 Å². The van der Waals surface area contributed by atoms with Gasteiger partial charge in [0.1, 0.15) is 5.01 Å². The number of nitrogens with zero attached hydrogens (tertiary/aromatic N) is 1. The van der Waals surface area contributed by atoms with E-state index in [1.54, 1.807) is 7.11 Å². The van der Waals surface area contributed by atoms with E-state index in [1.807, 2.05) is 0 Å². The van der Waals surface area contributed by atoms with Crippen molar-refractivity contribution in [3.8, 4) is 0 Å². The zero-order valence-electron chi connectivity index (χ0n) is 11.1. The summed E-state index contributed by atoms with van der Waals surface area (Å²) >= 11 is 1.21. The van der Waals surface area contributed by atoms with E-state index in [1.165, 1.54) is 16.7 Å². The summed E-state index contributed by atoms with van der Waals surface area (Å²) in [6.07, 6.45) is 2.97. The molecule has 0 aliphatic heterocycles. The fourth-order valence-corrected chi connectivity index (χ4v) is 2.95. The number of ether oxygens (including phenoxy) is 1. The maximum atomic E-state index is 11.8. The van der Waals surface area contributed by atoms with Crippen molar-refractivity contribution >= 4 is 23.3 Å². The number of urea groups is 1. The van der Waals surface area contributed by atoms with Gasteiger partial charge in [-0.3, -0.25) is 0 Å². The molecule has 7 nitrogen and oxygen atoms in total. The molecule has 1 aliphatic carbocycles. The largest absolute Gasteiger partial charge is 0.476 e. The summed E-state index contributed by atoms with van der Waals surface area (Å²) in [5.74, 6) is -1.06. The van der Waals surface area contributed by atoms with Gasteiger partial charge in [0.05, 0.1) is 18.7 Å². The van der Waals surface area contributed by atoms with Gasteiger partial charge in [0.25, 0.3) is 0 Å². The van der Waals surface area contributed by atoms with Crippen LogP contribution in [0.5, 0.6) is 0 Å². The first kappa shape index (κ1) is 14.7. The van der Waals surface area contributed by atoms with Crippen LogP contribution in [0.2, 0.25) is 0 Å². The third kappa shape index (κ3) is 3.67. The van der Waals surface area contributed by atoms with E-state index in [2.05, 4.69) is 15.6 Å². The topological polar surface area (TPSA) is 101 Å². The van der Waals surface area contributed by atoms with Gasteiger partial charge >= 0.3 is 12.0 Å². The molecule has 1 aromatic rings. The molecule has 1 aliphatic rings. The van der Waals surface area contributed by atoms with Crippen molar-refractivity contribution < 1.29 is 19.4 Å². The van der Waals surface area contributed by atoms with Gasteiger partial charge in [0.2, 0.25) is 0 Å². The second kappa shape index (κ2) is 6.67. The second-order valence-electron chi connectivity index (χ2n) is 4.57. The number of nitrogens with one attached hydrogen (secondary N) is 2. The molecule has 20 heavy (non-hydrogen) atoms. The third-order valence-corrected chi connectivity index (χ3v) is 4.09. The highest BCUT2D eigenvalue weighted by Gasteiger charge is 2.28. The van der Waals surface area contributed by atoms with Gasteiger partial charge in [-0.1, -0.05) is 0 Å². The standard InChI is InChI=1S/C12H17N3O4S/c1-19-9-4-2-3-7(9)15-12(18)13-5-10-14-8(6-20-10)11(16)17/h6-7,9H,2-5H2,1H3,(H,16,17)(H2,13,15,18). The number of thiazole rings is 1. The molecule has 2 atom stereocenters. The van der Waals surface area contributed by atoms with Crippen molar-refractivity contribution in [3.05, 3.63) is 16.1 Å². The van der Waals surface area contributed by atoms with Gasteiger partial charge in [-0.15, -0.1) is 11.3 Å². The minimum atomic E-state index is -1.06. The molecule has 1 saturated carbocycles. The normalized spacial score (nSPS) is 21.6. The van der Waals surface area contributed by atoms with Gasteiger partial charge in [-0.2, -0.15) is 0 Å². The molecule has 0 saturated heterocycles. The Hall–Kier alpha value is -1.67. The van der Waals surface area contributed by atoms with Crippen LogP contribution in [-0.4, -0.2) is 41.3 Å². The van der Waals surface area contributed by atoms with Crippen molar-refractivity contribution in [2.45, 2.75) is 38.0 Å². The summed E-state index contributed by atoms with van der Waals surface area (Å²) in [7, 11) is 1.64. The van der Waals surface area contributed by atoms with E-state index in [9.17, 15) is 9.59 Å². The molecular weight excluding hydrogens is 282 g/mol. The average Bonchev–Trinajstić information content (AvgIpc) is 3.04. The lowest BCUT2D eigenvalue weighted by Gasteiger charge is -2.19. The van der Waals surface area contributed by atoms with E-state index >= 15 is 0 Å². The van der Waals surface area contributed by atoms with E-state index in [4.69, 9.17) is 9.84 Å². The number of carbonyl (C=O) groups excluding carboxylic acids is 1. The van der Waals surface area contributed by atoms with Crippen LogP contribution >= 0.6 is 11.3 Å². The van der Waals surface area contributed by atoms with Crippen LogP contribution < -0.4 is 10.6 Å². The number of carbonyl (C=O) groups is 2. The summed E-state index contributed by atoms with van der Waals surface area (Å²) in [4.78, 5) is 26.3. The van der Waals surface area contributed by atoms with Gasteiger partial charge in [-0.05, 0) is 19.3 Å². The molecule has 0 bridgehead atoms. The Morgan fingerprint density at radius 3 is 3.00 bits per heavy atom. The van der Waals surface area contributed by atoms with Gasteiger partial charge in [-0.25, -0.2) is 14.6 Å². The van der Waals surface area contributed by atoms with Crippen molar-refractivity contribution in [3.63, 3.8) is 0 Å². The fraction of sp³-hybridized carbons (Fsp3) is 0.583. The zero-order valence-corrected chi connectivity index (χ0v) is 11.9. The summed E-state index contributed by atoms with van der Waals surface area (Å²) in [5.41, 5.74) is 0.00227. The highest BCUT2D eigenvalue weighted by atomic mass is 32.1. The van der Waals surface area contributed by atoms with Gasteiger partial charge in [0, 0.05) is 12.5 Å². The second-order valence-corrected chi connectivity index (χ2v) is 5.51. The number of rotatable bonds is 5. The molecule has 0 radical (unpaired) electrons. The minimum Gasteiger partial charge on any atom is -0.476 e. The Balaban J connectivity index is 1.78. The Morgan fingerprint density at radius 1 is 1.55 bits per heavy atom. The molecule has 8 heteroatoms. The van der Waals surface area contributed by atoms with Gasteiger partial charge < -0.3 is 20.5 Å². The number of hydrogen-bond acceptors (Lipinski definition) is 5. The van der Waals surface area contributed by atoms with Crippen LogP contribution in [0.4, 0.5) is 4.79 Å². The molecule has 2 amide bonds. The van der Waals surface area contributed by atoms with Crippen LogP contribution in [0.15, 0.2) is 5.38 Å². The SMILES string of the molecule is COC1CCCC1NC(=O)NCc1nc(C(=O)O)cs1. The van der Waals surface area contributed by atoms with Crippen molar-refractivity contribution in [2.24, 2.45) is 0 Å². The summed E-state index contributed by atoms with van der Waals surface area (Å²) in [6, 6.07) is -0.253. The van der Waals surface area contributed by atoms with Crippen LogP contribution in [0.3, 0.4) is 0 Å². The van der Waals surface area contributed by atoms with Crippen LogP contribution in [0.1, 0.15) is 34.8 Å². The highest BCUT2D eigenvalue weighted by molar-refractivity contribution is 7.09. The summed E-state index contributed by atoms with van der Waals surface area (Å²) < 4.78 is 5.30. The van der Waals surface area contributed by atoms with Crippen molar-refractivity contribution in [1.29, 1.82) is 0 Å². The predicted molar refractivity (Wildman–Crippen MR) is 72.9 cm³/mol. The van der Waals surface area contributed by atoms with E-state index in [0.29, 0.717) is 5.01 Å². The average molecular weight is 299 g/mol. The Labute approximate surface area is 120 Å². The highest BCUT2D eigenvalue weighted by Crippen LogP contribution is 2.21. The number of aromatic carboxylic acids is 1. The van der Waals surface area contributed by atoms with Crippen molar-refractivity contribution in [1.82, 2.24) is 15.6 Å². The Kier molecular flexibility index (Phi) is 4.91. The predicted octanol–water partition coefficient (Wildman–Crippen LogP) is 1.21. The molecular formula is C12H17N3O4S. The lowest BCUT2D eigenvalue weighted by Crippen LogP contribution is -2.45. The molecule has 0 aromatic carbocycles. The fourth-order valence-electron chi connectivity index (χ4n) is 2.24. The maximum Gasteiger partial charge on any atom is 0.355 e. The molecule has 1 heterocycles.